The second-order valence-corrected chi connectivity index (χ2v) is 6.61. The van der Waals surface area contributed by atoms with E-state index in [-0.39, 0.29) is 35.4 Å². The van der Waals surface area contributed by atoms with E-state index in [1.165, 1.54) is 24.9 Å². The van der Waals surface area contributed by atoms with Crippen LogP contribution in [0.2, 0.25) is 0 Å². The average Bonchev–Trinajstić information content (AvgIpc) is 2.62. The number of rotatable bonds is 5. The SMILES string of the molecule is COc1ccnc(C(=O)NC2CC(C)O[C@H](Cc3ccccc3)C2)c1O. The fraction of sp³-hybridized carbons (Fsp3) is 0.400. The van der Waals surface area contributed by atoms with Crippen molar-refractivity contribution in [2.24, 2.45) is 0 Å². The van der Waals surface area contributed by atoms with Crippen molar-refractivity contribution in [3.05, 3.63) is 53.9 Å². The van der Waals surface area contributed by atoms with Crippen LogP contribution in [-0.4, -0.2) is 41.4 Å². The van der Waals surface area contributed by atoms with Gasteiger partial charge in [0.1, 0.15) is 0 Å². The van der Waals surface area contributed by atoms with E-state index in [2.05, 4.69) is 22.4 Å². The highest BCUT2D eigenvalue weighted by Gasteiger charge is 2.29. The summed E-state index contributed by atoms with van der Waals surface area (Å²) in [4.78, 5) is 16.5. The lowest BCUT2D eigenvalue weighted by Gasteiger charge is -2.34. The van der Waals surface area contributed by atoms with Crippen molar-refractivity contribution >= 4 is 5.91 Å². The molecule has 3 atom stereocenters. The molecule has 1 fully saturated rings. The Kier molecular flexibility index (Phi) is 5.73. The second-order valence-electron chi connectivity index (χ2n) is 6.61. The van der Waals surface area contributed by atoms with Gasteiger partial charge in [-0.2, -0.15) is 0 Å². The van der Waals surface area contributed by atoms with Gasteiger partial charge in [-0.3, -0.25) is 4.79 Å². The topological polar surface area (TPSA) is 80.7 Å². The molecule has 1 aromatic heterocycles. The van der Waals surface area contributed by atoms with E-state index < -0.39 is 5.91 Å². The monoisotopic (exact) mass is 356 g/mol. The molecule has 1 amide bonds. The summed E-state index contributed by atoms with van der Waals surface area (Å²) >= 11 is 0. The second kappa shape index (κ2) is 8.19. The molecule has 1 aliphatic heterocycles. The first-order valence-electron chi connectivity index (χ1n) is 8.79. The lowest BCUT2D eigenvalue weighted by molar-refractivity contribution is -0.0498. The summed E-state index contributed by atoms with van der Waals surface area (Å²) in [7, 11) is 1.44. The minimum atomic E-state index is -0.404. The first kappa shape index (κ1) is 18.2. The third-order valence-electron chi connectivity index (χ3n) is 4.55. The molecule has 6 heteroatoms. The summed E-state index contributed by atoms with van der Waals surface area (Å²) in [6, 6.07) is 11.6. The van der Waals surface area contributed by atoms with Crippen LogP contribution in [0.15, 0.2) is 42.6 Å². The van der Waals surface area contributed by atoms with Gasteiger partial charge in [0.05, 0.1) is 19.3 Å². The number of nitrogens with zero attached hydrogens (tertiary/aromatic N) is 1. The summed E-state index contributed by atoms with van der Waals surface area (Å²) in [6.07, 6.45) is 3.78. The molecule has 3 rings (SSSR count). The van der Waals surface area contributed by atoms with Crippen LogP contribution >= 0.6 is 0 Å². The van der Waals surface area contributed by atoms with Crippen LogP contribution in [-0.2, 0) is 11.2 Å². The minimum Gasteiger partial charge on any atom is -0.503 e. The van der Waals surface area contributed by atoms with Gasteiger partial charge in [0.25, 0.3) is 5.91 Å². The molecular formula is C20H24N2O4. The largest absolute Gasteiger partial charge is 0.503 e. The molecule has 1 saturated heterocycles. The molecule has 26 heavy (non-hydrogen) atoms. The van der Waals surface area contributed by atoms with Gasteiger partial charge in [0, 0.05) is 18.3 Å². The number of carbonyl (C=O) groups is 1. The highest BCUT2D eigenvalue weighted by molar-refractivity contribution is 5.95. The number of pyridine rings is 1. The smallest absolute Gasteiger partial charge is 0.274 e. The van der Waals surface area contributed by atoms with Crippen LogP contribution in [0.5, 0.6) is 11.5 Å². The summed E-state index contributed by atoms with van der Waals surface area (Å²) in [5, 5.41) is 13.1. The zero-order valence-corrected chi connectivity index (χ0v) is 15.0. The van der Waals surface area contributed by atoms with Crippen molar-refractivity contribution in [3.63, 3.8) is 0 Å². The fourth-order valence-corrected chi connectivity index (χ4v) is 3.40. The number of nitrogens with one attached hydrogen (secondary N) is 1. The Hall–Kier alpha value is -2.60. The van der Waals surface area contributed by atoms with Crippen molar-refractivity contribution in [1.82, 2.24) is 10.3 Å². The van der Waals surface area contributed by atoms with E-state index in [1.807, 2.05) is 25.1 Å². The molecular weight excluding hydrogens is 332 g/mol. The molecule has 1 aliphatic rings. The highest BCUT2D eigenvalue weighted by atomic mass is 16.5. The predicted molar refractivity (Wildman–Crippen MR) is 97.4 cm³/mol. The third kappa shape index (κ3) is 4.32. The van der Waals surface area contributed by atoms with E-state index in [4.69, 9.17) is 9.47 Å². The van der Waals surface area contributed by atoms with Crippen molar-refractivity contribution in [2.75, 3.05) is 7.11 Å². The Bertz CT molecular complexity index is 751. The molecule has 2 N–H and O–H groups in total. The number of benzene rings is 1. The van der Waals surface area contributed by atoms with Crippen LogP contribution in [0, 0.1) is 0 Å². The Morgan fingerprint density at radius 3 is 2.81 bits per heavy atom. The molecule has 0 bridgehead atoms. The Balaban J connectivity index is 1.66. The van der Waals surface area contributed by atoms with Gasteiger partial charge in [-0.25, -0.2) is 4.98 Å². The lowest BCUT2D eigenvalue weighted by atomic mass is 9.94. The Morgan fingerprint density at radius 1 is 1.31 bits per heavy atom. The average molecular weight is 356 g/mol. The summed E-state index contributed by atoms with van der Waals surface area (Å²) in [5.41, 5.74) is 1.19. The number of methoxy groups -OCH3 is 1. The molecule has 2 heterocycles. The zero-order valence-electron chi connectivity index (χ0n) is 15.0. The summed E-state index contributed by atoms with van der Waals surface area (Å²) in [6.45, 7) is 2.01. The van der Waals surface area contributed by atoms with Gasteiger partial charge in [0.2, 0.25) is 0 Å². The van der Waals surface area contributed by atoms with Crippen LogP contribution in [0.3, 0.4) is 0 Å². The molecule has 6 nitrogen and oxygen atoms in total. The normalized spacial score (nSPS) is 22.6. The maximum atomic E-state index is 12.5. The van der Waals surface area contributed by atoms with Gasteiger partial charge in [0.15, 0.2) is 17.2 Å². The quantitative estimate of drug-likeness (QED) is 0.861. The summed E-state index contributed by atoms with van der Waals surface area (Å²) in [5.74, 6) is -0.417. The molecule has 0 saturated carbocycles. The number of aromatic hydroxyl groups is 1. The molecule has 2 unspecified atom stereocenters. The van der Waals surface area contributed by atoms with E-state index in [1.54, 1.807) is 0 Å². The Morgan fingerprint density at radius 2 is 2.08 bits per heavy atom. The molecule has 0 radical (unpaired) electrons. The van der Waals surface area contributed by atoms with Crippen LogP contribution in [0.1, 0.15) is 35.8 Å². The van der Waals surface area contributed by atoms with Gasteiger partial charge >= 0.3 is 0 Å². The maximum absolute atomic E-state index is 12.5. The van der Waals surface area contributed by atoms with Crippen molar-refractivity contribution in [3.8, 4) is 11.5 Å². The Labute approximate surface area is 153 Å². The van der Waals surface area contributed by atoms with E-state index in [0.29, 0.717) is 0 Å². The third-order valence-corrected chi connectivity index (χ3v) is 4.55. The predicted octanol–water partition coefficient (Wildman–Crippen LogP) is 2.70. The fourth-order valence-electron chi connectivity index (χ4n) is 3.40. The number of aromatic nitrogens is 1. The lowest BCUT2D eigenvalue weighted by Crippen LogP contribution is -2.45. The van der Waals surface area contributed by atoms with Gasteiger partial charge in [-0.1, -0.05) is 30.3 Å². The standard InChI is InChI=1S/C20H24N2O4/c1-13-10-15(12-16(26-13)11-14-6-4-3-5-7-14)22-20(24)18-19(23)17(25-2)8-9-21-18/h3-9,13,15-16,23H,10-12H2,1-2H3,(H,22,24)/t13?,15?,16-/m1/s1. The van der Waals surface area contributed by atoms with Crippen molar-refractivity contribution in [2.45, 2.75) is 44.4 Å². The molecule has 138 valence electrons. The highest BCUT2D eigenvalue weighted by Crippen LogP contribution is 2.28. The molecule has 0 spiro atoms. The molecule has 0 aliphatic carbocycles. The number of amides is 1. The van der Waals surface area contributed by atoms with Crippen LogP contribution in [0.4, 0.5) is 0 Å². The van der Waals surface area contributed by atoms with Crippen molar-refractivity contribution in [1.29, 1.82) is 0 Å². The number of carbonyl (C=O) groups excluding carboxylic acids is 1. The van der Waals surface area contributed by atoms with Crippen molar-refractivity contribution < 1.29 is 19.4 Å². The number of ether oxygens (including phenoxy) is 2. The van der Waals surface area contributed by atoms with Crippen LogP contribution < -0.4 is 10.1 Å². The van der Waals surface area contributed by atoms with Crippen LogP contribution in [0.25, 0.3) is 0 Å². The number of hydrogen-bond acceptors (Lipinski definition) is 5. The minimum absolute atomic E-state index is 0.0249. The maximum Gasteiger partial charge on any atom is 0.274 e. The van der Waals surface area contributed by atoms with Gasteiger partial charge < -0.3 is 19.9 Å². The van der Waals surface area contributed by atoms with E-state index >= 15 is 0 Å². The molecule has 2 aromatic rings. The van der Waals surface area contributed by atoms with E-state index in [9.17, 15) is 9.90 Å². The van der Waals surface area contributed by atoms with Gasteiger partial charge in [-0.05, 0) is 31.7 Å². The molecule has 1 aromatic carbocycles. The summed E-state index contributed by atoms with van der Waals surface area (Å²) < 4.78 is 11.1. The zero-order chi connectivity index (χ0) is 18.5. The van der Waals surface area contributed by atoms with Gasteiger partial charge in [-0.15, -0.1) is 0 Å². The first-order chi connectivity index (χ1) is 12.6. The first-order valence-corrected chi connectivity index (χ1v) is 8.79. The number of hydrogen-bond donors (Lipinski definition) is 2. The van der Waals surface area contributed by atoms with E-state index in [0.717, 1.165) is 19.3 Å².